The van der Waals surface area contributed by atoms with E-state index in [1.54, 1.807) is 0 Å². The third-order valence-corrected chi connectivity index (χ3v) is 4.42. The van der Waals surface area contributed by atoms with Gasteiger partial charge >= 0.3 is 6.03 Å². The van der Waals surface area contributed by atoms with Crippen LogP contribution in [0.15, 0.2) is 18.2 Å². The highest BCUT2D eigenvalue weighted by Crippen LogP contribution is 2.28. The zero-order chi connectivity index (χ0) is 17.1. The lowest BCUT2D eigenvalue weighted by atomic mass is 10.2. The highest BCUT2D eigenvalue weighted by molar-refractivity contribution is 7.10. The van der Waals surface area contributed by atoms with Crippen molar-refractivity contribution in [1.29, 1.82) is 0 Å². The summed E-state index contributed by atoms with van der Waals surface area (Å²) in [4.78, 5) is 11.7. The van der Waals surface area contributed by atoms with Gasteiger partial charge in [-0.3, -0.25) is 5.32 Å². The van der Waals surface area contributed by atoms with Gasteiger partial charge in [0.25, 0.3) is 0 Å². The monoisotopic (exact) mass is 373 g/mol. The Bertz CT molecular complexity index is 752. The minimum Gasteiger partial charge on any atom is -0.472 e. The van der Waals surface area contributed by atoms with E-state index in [1.165, 1.54) is 6.07 Å². The number of hydrogen-bond donors (Lipinski definition) is 2. The molecule has 0 aliphatic heterocycles. The molecule has 1 aliphatic carbocycles. The number of rotatable bonds is 6. The summed E-state index contributed by atoms with van der Waals surface area (Å²) < 4.78 is 36.3. The number of nitrogens with one attached hydrogen (secondary N) is 2. The summed E-state index contributed by atoms with van der Waals surface area (Å²) in [5.41, 5.74) is 0.0292. The van der Waals surface area contributed by atoms with Gasteiger partial charge in [0, 0.05) is 18.2 Å². The Hall–Kier alpha value is -1.93. The van der Waals surface area contributed by atoms with E-state index in [4.69, 9.17) is 16.3 Å². The number of ether oxygens (including phenoxy) is 1. The maximum Gasteiger partial charge on any atom is 0.319 e. The van der Waals surface area contributed by atoms with Crippen molar-refractivity contribution in [3.05, 3.63) is 40.4 Å². The maximum atomic E-state index is 13.7. The van der Waals surface area contributed by atoms with Crippen LogP contribution in [0.2, 0.25) is 5.02 Å². The highest BCUT2D eigenvalue weighted by Gasteiger charge is 2.21. The molecule has 1 aromatic carbocycles. The number of nitrogens with zero attached hydrogens (tertiary/aromatic N) is 1. The van der Waals surface area contributed by atoms with Crippen LogP contribution in [-0.2, 0) is 6.61 Å². The van der Waals surface area contributed by atoms with Gasteiger partial charge in [0.2, 0.25) is 5.88 Å². The van der Waals surface area contributed by atoms with Crippen LogP contribution in [0.3, 0.4) is 0 Å². The minimum atomic E-state index is -0.718. The SMILES string of the molecule is O=C(NCC1CC1)Nc1cc(OCc2cc(F)c(Cl)cc2F)ns1. The minimum absolute atomic E-state index is 0.0292. The number of carbonyl (C=O) groups excluding carboxylic acids is 1. The Morgan fingerprint density at radius 2 is 2.12 bits per heavy atom. The van der Waals surface area contributed by atoms with Crippen LogP contribution in [0.5, 0.6) is 5.88 Å². The van der Waals surface area contributed by atoms with Crippen LogP contribution in [0.4, 0.5) is 18.6 Å². The first-order valence-corrected chi connectivity index (χ1v) is 8.44. The molecule has 1 fully saturated rings. The number of amides is 2. The molecule has 0 spiro atoms. The largest absolute Gasteiger partial charge is 0.472 e. The van der Waals surface area contributed by atoms with E-state index in [2.05, 4.69) is 15.0 Å². The number of anilines is 1. The molecule has 0 atom stereocenters. The summed E-state index contributed by atoms with van der Waals surface area (Å²) in [6, 6.07) is 3.09. The summed E-state index contributed by atoms with van der Waals surface area (Å²) in [6.45, 7) is 0.465. The van der Waals surface area contributed by atoms with E-state index in [1.807, 2.05) is 0 Å². The predicted molar refractivity (Wildman–Crippen MR) is 87.6 cm³/mol. The Balaban J connectivity index is 1.52. The first kappa shape index (κ1) is 16.9. The summed E-state index contributed by atoms with van der Waals surface area (Å²) >= 11 is 6.53. The van der Waals surface area contributed by atoms with E-state index >= 15 is 0 Å². The molecule has 0 saturated heterocycles. The molecular formula is C15H14ClF2N3O2S. The highest BCUT2D eigenvalue weighted by atomic mass is 35.5. The van der Waals surface area contributed by atoms with Gasteiger partial charge in [0.1, 0.15) is 23.2 Å². The van der Waals surface area contributed by atoms with Crippen LogP contribution in [0.25, 0.3) is 0 Å². The van der Waals surface area contributed by atoms with Crippen molar-refractivity contribution in [3.8, 4) is 5.88 Å². The van der Waals surface area contributed by atoms with Crippen molar-refractivity contribution in [2.45, 2.75) is 19.4 Å². The second-order valence-electron chi connectivity index (χ2n) is 5.45. The van der Waals surface area contributed by atoms with Gasteiger partial charge in [-0.1, -0.05) is 11.6 Å². The van der Waals surface area contributed by atoms with Gasteiger partial charge in [-0.15, -0.1) is 0 Å². The first-order chi connectivity index (χ1) is 11.5. The quantitative estimate of drug-likeness (QED) is 0.746. The zero-order valence-corrected chi connectivity index (χ0v) is 14.0. The fourth-order valence-corrected chi connectivity index (χ4v) is 2.66. The molecule has 2 amide bonds. The average molecular weight is 374 g/mol. The Kier molecular flexibility index (Phi) is 5.15. The smallest absolute Gasteiger partial charge is 0.319 e. The molecular weight excluding hydrogens is 360 g/mol. The summed E-state index contributed by atoms with van der Waals surface area (Å²) in [7, 11) is 0. The molecule has 0 bridgehead atoms. The molecule has 2 aromatic rings. The number of aromatic nitrogens is 1. The van der Waals surface area contributed by atoms with Crippen LogP contribution < -0.4 is 15.4 Å². The van der Waals surface area contributed by atoms with Gasteiger partial charge < -0.3 is 10.1 Å². The number of halogens is 3. The van der Waals surface area contributed by atoms with Crippen LogP contribution >= 0.6 is 23.1 Å². The molecule has 128 valence electrons. The average Bonchev–Trinajstić information content (AvgIpc) is 3.27. The summed E-state index contributed by atoms with van der Waals surface area (Å²) in [6.07, 6.45) is 2.31. The molecule has 24 heavy (non-hydrogen) atoms. The van der Waals surface area contributed by atoms with E-state index in [0.717, 1.165) is 36.5 Å². The molecule has 0 radical (unpaired) electrons. The standard InChI is InChI=1S/C15H14ClF2N3O2S/c16-10-4-11(17)9(3-12(10)18)7-23-13-5-14(24-21-13)20-15(22)19-6-8-1-2-8/h3-5,8H,1-2,6-7H2,(H2,19,20,22). The molecule has 0 unspecified atom stereocenters. The lowest BCUT2D eigenvalue weighted by molar-refractivity contribution is 0.251. The van der Waals surface area contributed by atoms with Crippen molar-refractivity contribution >= 4 is 34.2 Å². The second kappa shape index (κ2) is 7.31. The normalized spacial score (nSPS) is 13.6. The van der Waals surface area contributed by atoms with Gasteiger partial charge in [-0.25, -0.2) is 13.6 Å². The van der Waals surface area contributed by atoms with Crippen molar-refractivity contribution < 1.29 is 18.3 Å². The lowest BCUT2D eigenvalue weighted by Gasteiger charge is -2.05. The van der Waals surface area contributed by atoms with E-state index in [-0.39, 0.29) is 29.1 Å². The van der Waals surface area contributed by atoms with Gasteiger partial charge in [0.05, 0.1) is 5.02 Å². The molecule has 5 nitrogen and oxygen atoms in total. The first-order valence-electron chi connectivity index (χ1n) is 7.29. The zero-order valence-electron chi connectivity index (χ0n) is 12.4. The van der Waals surface area contributed by atoms with Crippen LogP contribution in [-0.4, -0.2) is 16.9 Å². The van der Waals surface area contributed by atoms with Gasteiger partial charge in [0.15, 0.2) is 0 Å². The van der Waals surface area contributed by atoms with Crippen LogP contribution in [0.1, 0.15) is 18.4 Å². The Morgan fingerprint density at radius 1 is 1.33 bits per heavy atom. The van der Waals surface area contributed by atoms with Gasteiger partial charge in [-0.2, -0.15) is 4.37 Å². The molecule has 9 heteroatoms. The fourth-order valence-electron chi connectivity index (χ4n) is 1.93. The van der Waals surface area contributed by atoms with Crippen molar-refractivity contribution in [3.63, 3.8) is 0 Å². The molecule has 2 N–H and O–H groups in total. The molecule has 3 rings (SSSR count). The third-order valence-electron chi connectivity index (χ3n) is 3.44. The van der Waals surface area contributed by atoms with Crippen LogP contribution in [0, 0.1) is 17.6 Å². The Labute approximate surface area is 146 Å². The molecule has 1 aliphatic rings. The Morgan fingerprint density at radius 3 is 2.88 bits per heavy atom. The lowest BCUT2D eigenvalue weighted by Crippen LogP contribution is -2.29. The molecule has 1 aromatic heterocycles. The predicted octanol–water partition coefficient (Wildman–Crippen LogP) is 4.19. The summed E-state index contributed by atoms with van der Waals surface area (Å²) in [5, 5.41) is 5.63. The van der Waals surface area contributed by atoms with Crippen molar-refractivity contribution in [2.75, 3.05) is 11.9 Å². The summed E-state index contributed by atoms with van der Waals surface area (Å²) in [5.74, 6) is -0.572. The van der Waals surface area contributed by atoms with Crippen molar-refractivity contribution in [2.24, 2.45) is 5.92 Å². The number of urea groups is 1. The van der Waals surface area contributed by atoms with E-state index < -0.39 is 11.6 Å². The molecule has 1 heterocycles. The molecule has 1 saturated carbocycles. The number of hydrogen-bond acceptors (Lipinski definition) is 4. The number of benzene rings is 1. The van der Waals surface area contributed by atoms with E-state index in [0.29, 0.717) is 17.5 Å². The van der Waals surface area contributed by atoms with E-state index in [9.17, 15) is 13.6 Å². The number of carbonyl (C=O) groups is 1. The topological polar surface area (TPSA) is 63.2 Å². The van der Waals surface area contributed by atoms with Crippen molar-refractivity contribution in [1.82, 2.24) is 9.69 Å². The maximum absolute atomic E-state index is 13.7. The fraction of sp³-hybridized carbons (Fsp3) is 0.333. The third kappa shape index (κ3) is 4.55. The van der Waals surface area contributed by atoms with Gasteiger partial charge in [-0.05, 0) is 42.4 Å². The second-order valence-corrected chi connectivity index (χ2v) is 6.67.